The molecule has 0 saturated heterocycles. The molecule has 0 unspecified atom stereocenters. The third kappa shape index (κ3) is 7.10. The third-order valence-electron chi connectivity index (χ3n) is 14.9. The zero-order valence-corrected chi connectivity index (χ0v) is 39.1. The summed E-state index contributed by atoms with van der Waals surface area (Å²) >= 11 is 0. The minimum Gasteiger partial charge on any atom is -0.348 e. The smallest absolute Gasteiger partial charge is 0.133 e. The van der Waals surface area contributed by atoms with Crippen LogP contribution in [0.15, 0.2) is 241 Å². The number of hydrogen-bond donors (Lipinski definition) is 0. The van der Waals surface area contributed by atoms with Gasteiger partial charge in [-0.1, -0.05) is 170 Å². The molecule has 3 heterocycles. The van der Waals surface area contributed by atoms with E-state index in [9.17, 15) is 0 Å². The minimum atomic E-state index is 0.702. The molecular weight excluding hydrogens is 861 g/mol. The summed E-state index contributed by atoms with van der Waals surface area (Å²) in [6.07, 6.45) is 10.1. The van der Waals surface area contributed by atoms with Crippen LogP contribution in [-0.4, -0.2) is 20.7 Å². The Bertz CT molecular complexity index is 4140. The van der Waals surface area contributed by atoms with Gasteiger partial charge in [0.2, 0.25) is 0 Å². The van der Waals surface area contributed by atoms with E-state index in [4.69, 9.17) is 9.98 Å². The van der Waals surface area contributed by atoms with E-state index in [0.717, 1.165) is 52.4 Å². The number of amidine groups is 1. The van der Waals surface area contributed by atoms with E-state index >= 15 is 0 Å². The molecule has 0 fully saturated rings. The van der Waals surface area contributed by atoms with Crippen LogP contribution in [0.2, 0.25) is 0 Å². The molecule has 12 aromatic rings. The maximum absolute atomic E-state index is 5.86. The fraction of sp³-hybridized carbons (Fsp3) is 0.0597. The molecule has 4 nitrogen and oxygen atoms in total. The summed E-state index contributed by atoms with van der Waals surface area (Å²) in [7, 11) is 0. The van der Waals surface area contributed by atoms with Crippen molar-refractivity contribution in [1.29, 1.82) is 0 Å². The number of nitrogens with zero attached hydrogens (tertiary/aromatic N) is 4. The lowest BCUT2D eigenvalue weighted by atomic mass is 9.88. The van der Waals surface area contributed by atoms with Gasteiger partial charge in [0.1, 0.15) is 5.84 Å². The van der Waals surface area contributed by atoms with E-state index in [2.05, 4.69) is 210 Å². The molecule has 0 radical (unpaired) electrons. The van der Waals surface area contributed by atoms with Crippen molar-refractivity contribution >= 4 is 81.7 Å². The molecule has 10 aromatic carbocycles. The van der Waals surface area contributed by atoms with Crippen LogP contribution in [0.1, 0.15) is 29.7 Å². The average Bonchev–Trinajstić information content (AvgIpc) is 3.45. The highest BCUT2D eigenvalue weighted by Crippen LogP contribution is 2.46. The molecule has 0 spiro atoms. The van der Waals surface area contributed by atoms with Gasteiger partial charge in [-0.3, -0.25) is 9.97 Å². The number of aromatic nitrogens is 2. The van der Waals surface area contributed by atoms with Gasteiger partial charge in [0.25, 0.3) is 0 Å². The lowest BCUT2D eigenvalue weighted by Crippen LogP contribution is -2.34. The Morgan fingerprint density at radius 2 is 0.831 bits per heavy atom. The second-order valence-corrected chi connectivity index (χ2v) is 19.0. The molecule has 0 saturated carbocycles. The third-order valence-corrected chi connectivity index (χ3v) is 14.9. The van der Waals surface area contributed by atoms with Gasteiger partial charge in [0, 0.05) is 36.6 Å². The number of benzene rings is 10. The van der Waals surface area contributed by atoms with Crippen LogP contribution in [0.25, 0.3) is 104 Å². The number of rotatable bonds is 7. The highest BCUT2D eigenvalue weighted by Gasteiger charge is 2.28. The SMILES string of the molecule is C1=C(C2=Nc3c(cc(-c4ccc5c6ccccc6c6ccccc6c5c4)cc3-c3ccc4c5ccccc5c5ccccc5c4c3)CN2Cc2ccc(-c3ccccn3)cc2)CCC(c2ccccn2)=C1. The van der Waals surface area contributed by atoms with Crippen molar-refractivity contribution < 1.29 is 0 Å². The number of hydrogen-bond acceptors (Lipinski definition) is 4. The lowest BCUT2D eigenvalue weighted by Gasteiger charge is -2.34. The molecule has 4 heteroatoms. The highest BCUT2D eigenvalue weighted by molar-refractivity contribution is 6.27. The Labute approximate surface area is 412 Å². The zero-order chi connectivity index (χ0) is 46.8. The maximum Gasteiger partial charge on any atom is 0.133 e. The first kappa shape index (κ1) is 41.0. The Hall–Kier alpha value is -8.99. The Balaban J connectivity index is 0.982. The average molecular weight is 907 g/mol. The summed E-state index contributed by atoms with van der Waals surface area (Å²) < 4.78 is 0. The molecular formula is C67H46N4. The van der Waals surface area contributed by atoms with Gasteiger partial charge in [-0.2, -0.15) is 0 Å². The monoisotopic (exact) mass is 906 g/mol. The van der Waals surface area contributed by atoms with Crippen molar-refractivity contribution in [2.45, 2.75) is 25.9 Å². The fourth-order valence-electron chi connectivity index (χ4n) is 11.5. The van der Waals surface area contributed by atoms with Crippen LogP contribution in [0.4, 0.5) is 5.69 Å². The van der Waals surface area contributed by atoms with Crippen LogP contribution in [0, 0.1) is 0 Å². The Morgan fingerprint density at radius 3 is 1.37 bits per heavy atom. The van der Waals surface area contributed by atoms with E-state index in [1.807, 2.05) is 30.6 Å². The molecule has 1 aliphatic carbocycles. The lowest BCUT2D eigenvalue weighted by molar-refractivity contribution is 0.400. The molecule has 0 amide bonds. The van der Waals surface area contributed by atoms with Gasteiger partial charge >= 0.3 is 0 Å². The molecule has 71 heavy (non-hydrogen) atoms. The van der Waals surface area contributed by atoms with Gasteiger partial charge in [0.15, 0.2) is 0 Å². The van der Waals surface area contributed by atoms with Crippen molar-refractivity contribution in [3.8, 4) is 33.5 Å². The van der Waals surface area contributed by atoms with E-state index in [-0.39, 0.29) is 0 Å². The molecule has 0 atom stereocenters. The zero-order valence-electron chi connectivity index (χ0n) is 39.1. The standard InChI is InChI=1S/C67H46N4/c1-3-17-55-51(13-1)53-15-5-7-19-57(53)62-38-47(31-33-59(55)62)49-37-50-42-71(41-43-23-25-44(26-24-43)64-21-9-11-35-68-64)67(46-29-27-45(28-30-46)65-22-10-12-36-69-65)70-66(50)61(40-49)48-32-34-60-56-18-4-2-14-52(56)54-16-6-8-20-58(54)63(60)39-48/h1-27,29,31-40H,28,30,41-42H2. The Morgan fingerprint density at radius 1 is 0.366 bits per heavy atom. The van der Waals surface area contributed by atoms with Crippen LogP contribution in [0.5, 0.6) is 0 Å². The van der Waals surface area contributed by atoms with E-state index in [1.165, 1.54) is 98.0 Å². The van der Waals surface area contributed by atoms with Gasteiger partial charge in [-0.15, -0.1) is 0 Å². The summed E-state index contributed by atoms with van der Waals surface area (Å²) in [5, 5.41) is 15.2. The summed E-state index contributed by atoms with van der Waals surface area (Å²) in [6, 6.07) is 75.5. The summed E-state index contributed by atoms with van der Waals surface area (Å²) in [4.78, 5) is 17.7. The van der Waals surface area contributed by atoms with E-state index in [1.54, 1.807) is 0 Å². The van der Waals surface area contributed by atoms with Gasteiger partial charge in [-0.25, -0.2) is 4.99 Å². The quantitative estimate of drug-likeness (QED) is 0.150. The molecule has 2 aromatic heterocycles. The summed E-state index contributed by atoms with van der Waals surface area (Å²) in [5.74, 6) is 1.03. The summed E-state index contributed by atoms with van der Waals surface area (Å²) in [6.45, 7) is 1.41. The first-order valence-electron chi connectivity index (χ1n) is 24.7. The molecule has 334 valence electrons. The molecule has 0 N–H and O–H groups in total. The van der Waals surface area contributed by atoms with Crippen molar-refractivity contribution in [3.63, 3.8) is 0 Å². The maximum atomic E-state index is 5.86. The van der Waals surface area contributed by atoms with Crippen LogP contribution >= 0.6 is 0 Å². The largest absolute Gasteiger partial charge is 0.348 e. The van der Waals surface area contributed by atoms with Crippen molar-refractivity contribution in [3.05, 3.63) is 253 Å². The van der Waals surface area contributed by atoms with Crippen molar-refractivity contribution in [1.82, 2.24) is 14.9 Å². The predicted octanol–water partition coefficient (Wildman–Crippen LogP) is 17.2. The van der Waals surface area contributed by atoms with Gasteiger partial charge in [-0.05, 0) is 165 Å². The second kappa shape index (κ2) is 16.9. The van der Waals surface area contributed by atoms with Crippen LogP contribution < -0.4 is 0 Å². The number of aliphatic imine (C=N–C) groups is 1. The van der Waals surface area contributed by atoms with Crippen molar-refractivity contribution in [2.24, 2.45) is 4.99 Å². The second-order valence-electron chi connectivity index (χ2n) is 19.0. The number of allylic oxidation sites excluding steroid dienone is 3. The van der Waals surface area contributed by atoms with Gasteiger partial charge < -0.3 is 4.90 Å². The van der Waals surface area contributed by atoms with Crippen molar-refractivity contribution in [2.75, 3.05) is 0 Å². The number of pyridine rings is 2. The topological polar surface area (TPSA) is 41.4 Å². The molecule has 1 aliphatic heterocycles. The predicted molar refractivity (Wildman–Crippen MR) is 298 cm³/mol. The highest BCUT2D eigenvalue weighted by atomic mass is 15.2. The van der Waals surface area contributed by atoms with E-state index in [0.29, 0.717) is 13.1 Å². The minimum absolute atomic E-state index is 0.702. The first-order chi connectivity index (χ1) is 35.2. The van der Waals surface area contributed by atoms with E-state index < -0.39 is 0 Å². The number of fused-ring (bicyclic) bond motifs is 13. The Kier molecular flexibility index (Phi) is 9.77. The normalized spacial score (nSPS) is 13.7. The summed E-state index contributed by atoms with van der Waals surface area (Å²) in [5.41, 5.74) is 13.7. The van der Waals surface area contributed by atoms with Gasteiger partial charge in [0.05, 0.1) is 17.1 Å². The van der Waals surface area contributed by atoms with Crippen LogP contribution in [0.3, 0.4) is 0 Å². The molecule has 2 aliphatic rings. The molecule has 14 rings (SSSR count). The van der Waals surface area contributed by atoms with Crippen LogP contribution in [-0.2, 0) is 13.1 Å². The first-order valence-corrected chi connectivity index (χ1v) is 24.7. The molecule has 0 bridgehead atoms. The fourth-order valence-corrected chi connectivity index (χ4v) is 11.5.